The molecule has 0 saturated carbocycles. The van der Waals surface area contributed by atoms with E-state index in [0.29, 0.717) is 0 Å². The number of H-pyrrole nitrogens is 1. The van der Waals surface area contributed by atoms with Crippen LogP contribution >= 0.6 is 15.9 Å². The van der Waals surface area contributed by atoms with Gasteiger partial charge < -0.3 is 10.7 Å². The highest BCUT2D eigenvalue weighted by atomic mass is 79.9. The molecule has 0 aliphatic rings. The van der Waals surface area contributed by atoms with E-state index in [1.54, 1.807) is 0 Å². The molecule has 0 aliphatic heterocycles. The summed E-state index contributed by atoms with van der Waals surface area (Å²) in [5, 5.41) is 0. The third-order valence-electron chi connectivity index (χ3n) is 1.26. The van der Waals surface area contributed by atoms with Crippen molar-refractivity contribution in [3.8, 4) is 0 Å². The number of nitrogens with two attached hydrogens (primary N) is 1. The predicted octanol–water partition coefficient (Wildman–Crippen LogP) is 1.66. The van der Waals surface area contributed by atoms with Gasteiger partial charge >= 0.3 is 0 Å². The van der Waals surface area contributed by atoms with Gasteiger partial charge in [-0.3, -0.25) is 4.79 Å². The SMILES string of the molecule is Nc1cc(=O)c(C(F)F)c(Br)[nH]1. The summed E-state index contributed by atoms with van der Waals surface area (Å²) < 4.78 is 24.2. The standard InChI is InChI=1S/C6H5BrF2N2O/c7-5-4(6(8)9)2(12)1-3(10)11-5/h1,6H,(H3,10,11,12). The van der Waals surface area contributed by atoms with E-state index in [2.05, 4.69) is 20.9 Å². The number of hydrogen-bond donors (Lipinski definition) is 2. The Morgan fingerprint density at radius 3 is 2.58 bits per heavy atom. The van der Waals surface area contributed by atoms with Gasteiger partial charge in [-0.2, -0.15) is 0 Å². The highest BCUT2D eigenvalue weighted by Gasteiger charge is 2.16. The lowest BCUT2D eigenvalue weighted by molar-refractivity contribution is 0.149. The zero-order valence-electron chi connectivity index (χ0n) is 5.77. The van der Waals surface area contributed by atoms with Gasteiger partial charge in [-0.15, -0.1) is 0 Å². The van der Waals surface area contributed by atoms with Gasteiger partial charge in [0.25, 0.3) is 6.43 Å². The number of nitrogen functional groups attached to an aromatic ring is 1. The quantitative estimate of drug-likeness (QED) is 0.732. The first-order valence-corrected chi connectivity index (χ1v) is 3.78. The Hall–Kier alpha value is -0.910. The Morgan fingerprint density at radius 2 is 2.17 bits per heavy atom. The molecule has 0 spiro atoms. The average molecular weight is 239 g/mol. The van der Waals surface area contributed by atoms with Gasteiger partial charge in [-0.1, -0.05) is 0 Å². The maximum Gasteiger partial charge on any atom is 0.270 e. The first-order chi connectivity index (χ1) is 5.52. The molecule has 1 aromatic rings. The van der Waals surface area contributed by atoms with Gasteiger partial charge in [-0.25, -0.2) is 8.78 Å². The third kappa shape index (κ3) is 1.63. The molecule has 3 nitrogen and oxygen atoms in total. The summed E-state index contributed by atoms with van der Waals surface area (Å²) in [6, 6.07) is 0.923. The molecule has 0 aromatic carbocycles. The molecule has 0 aliphatic carbocycles. The zero-order valence-corrected chi connectivity index (χ0v) is 7.36. The van der Waals surface area contributed by atoms with Crippen LogP contribution in [0.4, 0.5) is 14.6 Å². The van der Waals surface area contributed by atoms with Crippen molar-refractivity contribution in [2.24, 2.45) is 0 Å². The number of halogens is 3. The monoisotopic (exact) mass is 238 g/mol. The molecule has 0 saturated heterocycles. The first kappa shape index (κ1) is 9.18. The van der Waals surface area contributed by atoms with Crippen LogP contribution in [0, 0.1) is 0 Å². The van der Waals surface area contributed by atoms with Crippen molar-refractivity contribution in [2.45, 2.75) is 6.43 Å². The van der Waals surface area contributed by atoms with E-state index >= 15 is 0 Å². The second kappa shape index (κ2) is 3.22. The van der Waals surface area contributed by atoms with E-state index in [1.165, 1.54) is 0 Å². The second-order valence-corrected chi connectivity index (χ2v) is 2.91. The summed E-state index contributed by atoms with van der Waals surface area (Å²) in [4.78, 5) is 13.3. The molecule has 0 unspecified atom stereocenters. The summed E-state index contributed by atoms with van der Waals surface area (Å²) in [5.41, 5.74) is 3.83. The number of anilines is 1. The molecular formula is C6H5BrF2N2O. The molecular weight excluding hydrogens is 234 g/mol. The second-order valence-electron chi connectivity index (χ2n) is 2.12. The molecule has 1 aromatic heterocycles. The van der Waals surface area contributed by atoms with Gasteiger partial charge in [0.2, 0.25) is 0 Å². The van der Waals surface area contributed by atoms with Gasteiger partial charge in [0.05, 0.1) is 10.2 Å². The van der Waals surface area contributed by atoms with E-state index in [0.717, 1.165) is 6.07 Å². The third-order valence-corrected chi connectivity index (χ3v) is 1.89. The minimum Gasteiger partial charge on any atom is -0.385 e. The van der Waals surface area contributed by atoms with Crippen molar-refractivity contribution in [3.05, 3.63) is 26.5 Å². The number of hydrogen-bond acceptors (Lipinski definition) is 2. The van der Waals surface area contributed by atoms with Crippen LogP contribution in [0.25, 0.3) is 0 Å². The van der Waals surface area contributed by atoms with E-state index in [1.807, 2.05) is 0 Å². The molecule has 0 fully saturated rings. The Balaban J connectivity index is 3.39. The van der Waals surface area contributed by atoms with Crippen molar-refractivity contribution < 1.29 is 8.78 Å². The Bertz CT molecular complexity index is 350. The molecule has 0 bridgehead atoms. The average Bonchev–Trinajstić information content (AvgIpc) is 1.82. The van der Waals surface area contributed by atoms with Crippen LogP contribution in [0.15, 0.2) is 15.5 Å². The number of aromatic amines is 1. The fourth-order valence-electron chi connectivity index (χ4n) is 0.761. The molecule has 6 heteroatoms. The van der Waals surface area contributed by atoms with Crippen LogP contribution in [0.1, 0.15) is 12.0 Å². The summed E-state index contributed by atoms with van der Waals surface area (Å²) in [6.45, 7) is 0. The predicted molar refractivity (Wildman–Crippen MR) is 44.1 cm³/mol. The molecule has 1 heterocycles. The first-order valence-electron chi connectivity index (χ1n) is 2.98. The molecule has 12 heavy (non-hydrogen) atoms. The topological polar surface area (TPSA) is 58.9 Å². The van der Waals surface area contributed by atoms with Crippen LogP contribution in [0.3, 0.4) is 0 Å². The van der Waals surface area contributed by atoms with Crippen LogP contribution < -0.4 is 11.2 Å². The maximum absolute atomic E-state index is 12.1. The molecule has 0 radical (unpaired) electrons. The summed E-state index contributed by atoms with van der Waals surface area (Å²) in [5.74, 6) is 0.0521. The Kier molecular flexibility index (Phi) is 2.46. The van der Waals surface area contributed by atoms with E-state index in [9.17, 15) is 13.6 Å². The molecule has 0 amide bonds. The van der Waals surface area contributed by atoms with Gasteiger partial charge in [0.1, 0.15) is 5.82 Å². The van der Waals surface area contributed by atoms with E-state index in [4.69, 9.17) is 5.73 Å². The summed E-state index contributed by atoms with van der Waals surface area (Å²) >= 11 is 2.78. The number of pyridine rings is 1. The Labute approximate surface area is 74.7 Å². The fraction of sp³-hybridized carbons (Fsp3) is 0.167. The molecule has 1 rings (SSSR count). The normalized spacial score (nSPS) is 10.7. The highest BCUT2D eigenvalue weighted by molar-refractivity contribution is 9.10. The van der Waals surface area contributed by atoms with E-state index < -0.39 is 17.4 Å². The highest BCUT2D eigenvalue weighted by Crippen LogP contribution is 2.22. The summed E-state index contributed by atoms with van der Waals surface area (Å²) in [7, 11) is 0. The lowest BCUT2D eigenvalue weighted by Gasteiger charge is -2.02. The van der Waals surface area contributed by atoms with Crippen LogP contribution in [0.5, 0.6) is 0 Å². The number of rotatable bonds is 1. The van der Waals surface area contributed by atoms with Crippen LogP contribution in [-0.2, 0) is 0 Å². The maximum atomic E-state index is 12.1. The minimum absolute atomic E-state index is 0.0521. The molecule has 0 atom stereocenters. The van der Waals surface area contributed by atoms with Crippen LogP contribution in [0.2, 0.25) is 0 Å². The van der Waals surface area contributed by atoms with Gasteiger partial charge in [0, 0.05) is 6.07 Å². The molecule has 66 valence electrons. The fourth-order valence-corrected chi connectivity index (χ4v) is 1.36. The number of nitrogens with one attached hydrogen (secondary N) is 1. The van der Waals surface area contributed by atoms with Gasteiger partial charge in [0.15, 0.2) is 5.43 Å². The number of alkyl halides is 2. The lowest BCUT2D eigenvalue weighted by atomic mass is 10.3. The zero-order chi connectivity index (χ0) is 9.30. The van der Waals surface area contributed by atoms with Crippen molar-refractivity contribution in [2.75, 3.05) is 5.73 Å². The lowest BCUT2D eigenvalue weighted by Crippen LogP contribution is -2.12. The van der Waals surface area contributed by atoms with Crippen molar-refractivity contribution >= 4 is 21.7 Å². The summed E-state index contributed by atoms with van der Waals surface area (Å²) in [6.07, 6.45) is -2.80. The Morgan fingerprint density at radius 1 is 1.58 bits per heavy atom. The smallest absolute Gasteiger partial charge is 0.270 e. The van der Waals surface area contributed by atoms with Crippen molar-refractivity contribution in [1.82, 2.24) is 4.98 Å². The van der Waals surface area contributed by atoms with Crippen molar-refractivity contribution in [1.29, 1.82) is 0 Å². The largest absolute Gasteiger partial charge is 0.385 e. The van der Waals surface area contributed by atoms with E-state index in [-0.39, 0.29) is 10.4 Å². The molecule has 3 N–H and O–H groups in total. The van der Waals surface area contributed by atoms with Crippen LogP contribution in [-0.4, -0.2) is 4.98 Å². The van der Waals surface area contributed by atoms with Gasteiger partial charge in [-0.05, 0) is 15.9 Å². The van der Waals surface area contributed by atoms with Crippen molar-refractivity contribution in [3.63, 3.8) is 0 Å². The number of aromatic nitrogens is 1. The minimum atomic E-state index is -2.80.